The van der Waals surface area contributed by atoms with Crippen LogP contribution in [0.15, 0.2) is 4.79 Å². The highest BCUT2D eigenvalue weighted by molar-refractivity contribution is 5.19. The third-order valence-electron chi connectivity index (χ3n) is 2.84. The molecule has 1 aliphatic rings. The van der Waals surface area contributed by atoms with Crippen molar-refractivity contribution in [1.29, 1.82) is 0 Å². The third-order valence-corrected chi connectivity index (χ3v) is 2.84. The van der Waals surface area contributed by atoms with Crippen molar-refractivity contribution in [2.75, 3.05) is 6.61 Å². The van der Waals surface area contributed by atoms with Gasteiger partial charge in [-0.1, -0.05) is 6.42 Å². The molecule has 0 aromatic carbocycles. The fraction of sp³-hybridized carbons (Fsp3) is 0.636. The monoisotopic (exact) mass is 208 g/mol. The van der Waals surface area contributed by atoms with Crippen molar-refractivity contribution in [2.45, 2.75) is 38.5 Å². The van der Waals surface area contributed by atoms with Crippen LogP contribution >= 0.6 is 0 Å². The Kier molecular flexibility index (Phi) is 3.16. The highest BCUT2D eigenvalue weighted by atomic mass is 16.3. The molecule has 0 bridgehead atoms. The summed E-state index contributed by atoms with van der Waals surface area (Å²) < 4.78 is 0. The topological polar surface area (TPSA) is 66.0 Å². The van der Waals surface area contributed by atoms with E-state index in [-0.39, 0.29) is 12.2 Å². The van der Waals surface area contributed by atoms with Crippen LogP contribution in [0.2, 0.25) is 0 Å². The zero-order valence-electron chi connectivity index (χ0n) is 8.75. The van der Waals surface area contributed by atoms with Gasteiger partial charge in [0.05, 0.1) is 12.3 Å². The van der Waals surface area contributed by atoms with Crippen molar-refractivity contribution in [2.24, 2.45) is 0 Å². The number of hydrogen-bond donors (Lipinski definition) is 2. The van der Waals surface area contributed by atoms with Crippen LogP contribution in [0.1, 0.15) is 36.3 Å². The number of aromatic nitrogens is 2. The minimum Gasteiger partial charge on any atom is -0.396 e. The standard InChI is InChI=1S/C11H16N2O2/c14-7-6-10-12-9-5-3-1-2-4-8(9)11(15)13-10/h14H,1-7H2,(H,12,13,15). The highest BCUT2D eigenvalue weighted by Gasteiger charge is 2.13. The Morgan fingerprint density at radius 2 is 2.07 bits per heavy atom. The Labute approximate surface area is 88.4 Å². The highest BCUT2D eigenvalue weighted by Crippen LogP contribution is 2.15. The molecule has 1 heterocycles. The van der Waals surface area contributed by atoms with Gasteiger partial charge in [0.2, 0.25) is 0 Å². The van der Waals surface area contributed by atoms with Crippen molar-refractivity contribution in [3.05, 3.63) is 27.4 Å². The largest absolute Gasteiger partial charge is 0.396 e. The molecule has 0 amide bonds. The van der Waals surface area contributed by atoms with Crippen LogP contribution in [-0.2, 0) is 19.3 Å². The van der Waals surface area contributed by atoms with E-state index in [1.165, 1.54) is 6.42 Å². The first-order chi connectivity index (χ1) is 7.31. The molecule has 2 N–H and O–H groups in total. The quantitative estimate of drug-likeness (QED) is 0.698. The van der Waals surface area contributed by atoms with Gasteiger partial charge in [0.25, 0.3) is 5.56 Å². The maximum absolute atomic E-state index is 11.7. The molecule has 0 saturated carbocycles. The van der Waals surface area contributed by atoms with E-state index in [1.807, 2.05) is 0 Å². The van der Waals surface area contributed by atoms with Gasteiger partial charge in [-0.3, -0.25) is 4.79 Å². The van der Waals surface area contributed by atoms with Gasteiger partial charge in [0, 0.05) is 12.0 Å². The summed E-state index contributed by atoms with van der Waals surface area (Å²) >= 11 is 0. The third kappa shape index (κ3) is 2.26. The van der Waals surface area contributed by atoms with Gasteiger partial charge in [0.1, 0.15) is 5.82 Å². The number of aryl methyl sites for hydroxylation is 1. The fourth-order valence-corrected chi connectivity index (χ4v) is 2.06. The van der Waals surface area contributed by atoms with E-state index in [9.17, 15) is 4.79 Å². The molecule has 0 atom stereocenters. The molecule has 0 aliphatic heterocycles. The molecule has 0 spiro atoms. The summed E-state index contributed by atoms with van der Waals surface area (Å²) in [6.07, 6.45) is 5.54. The molecule has 0 unspecified atom stereocenters. The average molecular weight is 208 g/mol. The number of aromatic amines is 1. The van der Waals surface area contributed by atoms with Crippen molar-refractivity contribution in [3.8, 4) is 0 Å². The number of fused-ring (bicyclic) bond motifs is 1. The SMILES string of the molecule is O=c1[nH]c(CCO)nc2c1CCCCC2. The fourth-order valence-electron chi connectivity index (χ4n) is 2.06. The molecule has 2 rings (SSSR count). The van der Waals surface area contributed by atoms with Crippen molar-refractivity contribution in [3.63, 3.8) is 0 Å². The van der Waals surface area contributed by atoms with Gasteiger partial charge in [-0.15, -0.1) is 0 Å². The van der Waals surface area contributed by atoms with Crippen molar-refractivity contribution in [1.82, 2.24) is 9.97 Å². The maximum atomic E-state index is 11.7. The van der Waals surface area contributed by atoms with Crippen LogP contribution in [0.25, 0.3) is 0 Å². The molecule has 0 radical (unpaired) electrons. The lowest BCUT2D eigenvalue weighted by Gasteiger charge is -2.05. The molecule has 0 saturated heterocycles. The molecule has 15 heavy (non-hydrogen) atoms. The van der Waals surface area contributed by atoms with Crippen molar-refractivity contribution >= 4 is 0 Å². The Hall–Kier alpha value is -1.16. The van der Waals surface area contributed by atoms with E-state index in [4.69, 9.17) is 5.11 Å². The number of nitrogens with zero attached hydrogens (tertiary/aromatic N) is 1. The van der Waals surface area contributed by atoms with E-state index < -0.39 is 0 Å². The summed E-state index contributed by atoms with van der Waals surface area (Å²) in [5, 5.41) is 8.81. The smallest absolute Gasteiger partial charge is 0.254 e. The summed E-state index contributed by atoms with van der Waals surface area (Å²) in [5.41, 5.74) is 1.79. The summed E-state index contributed by atoms with van der Waals surface area (Å²) in [6.45, 7) is 0.0295. The molecule has 1 aromatic rings. The Morgan fingerprint density at radius 1 is 1.27 bits per heavy atom. The lowest BCUT2D eigenvalue weighted by molar-refractivity contribution is 0.296. The molecular formula is C11H16N2O2. The predicted molar refractivity (Wildman–Crippen MR) is 56.9 cm³/mol. The number of H-pyrrole nitrogens is 1. The van der Waals surface area contributed by atoms with E-state index in [1.54, 1.807) is 0 Å². The maximum Gasteiger partial charge on any atom is 0.254 e. The van der Waals surface area contributed by atoms with Gasteiger partial charge >= 0.3 is 0 Å². The molecule has 4 heteroatoms. The van der Waals surface area contributed by atoms with Crippen LogP contribution in [0.5, 0.6) is 0 Å². The molecular weight excluding hydrogens is 192 g/mol. The summed E-state index contributed by atoms with van der Waals surface area (Å²) in [5.74, 6) is 0.614. The van der Waals surface area contributed by atoms with Gasteiger partial charge in [0.15, 0.2) is 0 Å². The van der Waals surface area contributed by atoms with E-state index in [0.29, 0.717) is 12.2 Å². The van der Waals surface area contributed by atoms with Gasteiger partial charge in [-0.25, -0.2) is 4.98 Å². The second-order valence-electron chi connectivity index (χ2n) is 3.97. The Morgan fingerprint density at radius 3 is 2.87 bits per heavy atom. The molecule has 4 nitrogen and oxygen atoms in total. The van der Waals surface area contributed by atoms with Crippen LogP contribution in [-0.4, -0.2) is 21.7 Å². The van der Waals surface area contributed by atoms with E-state index in [0.717, 1.165) is 36.9 Å². The first-order valence-corrected chi connectivity index (χ1v) is 5.53. The zero-order valence-corrected chi connectivity index (χ0v) is 8.75. The number of aliphatic hydroxyl groups is 1. The minimum absolute atomic E-state index is 0.00894. The summed E-state index contributed by atoms with van der Waals surface area (Å²) in [6, 6.07) is 0. The molecule has 82 valence electrons. The van der Waals surface area contributed by atoms with Crippen molar-refractivity contribution < 1.29 is 5.11 Å². The average Bonchev–Trinajstić information content (AvgIpc) is 2.43. The zero-order chi connectivity index (χ0) is 10.7. The molecule has 1 aromatic heterocycles. The predicted octanol–water partition coefficient (Wildman–Crippen LogP) is 0.574. The summed E-state index contributed by atoms with van der Waals surface area (Å²) in [4.78, 5) is 18.9. The minimum atomic E-state index is -0.00894. The normalized spacial score (nSPS) is 15.8. The Bertz CT molecular complexity index is 398. The molecule has 1 aliphatic carbocycles. The number of hydrogen-bond acceptors (Lipinski definition) is 3. The number of nitrogens with one attached hydrogen (secondary N) is 1. The number of rotatable bonds is 2. The van der Waals surface area contributed by atoms with E-state index >= 15 is 0 Å². The van der Waals surface area contributed by atoms with Crippen LogP contribution in [0.3, 0.4) is 0 Å². The Balaban J connectivity index is 2.39. The second kappa shape index (κ2) is 4.57. The van der Waals surface area contributed by atoms with Gasteiger partial charge in [-0.05, 0) is 25.7 Å². The lowest BCUT2D eigenvalue weighted by atomic mass is 10.1. The first-order valence-electron chi connectivity index (χ1n) is 5.53. The summed E-state index contributed by atoms with van der Waals surface area (Å²) in [7, 11) is 0. The first kappa shape index (κ1) is 10.4. The van der Waals surface area contributed by atoms with Crippen LogP contribution in [0, 0.1) is 0 Å². The van der Waals surface area contributed by atoms with Crippen LogP contribution in [0.4, 0.5) is 0 Å². The number of aliphatic hydroxyl groups excluding tert-OH is 1. The van der Waals surface area contributed by atoms with Gasteiger partial charge < -0.3 is 10.1 Å². The second-order valence-corrected chi connectivity index (χ2v) is 3.97. The van der Waals surface area contributed by atoms with E-state index in [2.05, 4.69) is 9.97 Å². The molecule has 0 fully saturated rings. The van der Waals surface area contributed by atoms with Gasteiger partial charge in [-0.2, -0.15) is 0 Å². The van der Waals surface area contributed by atoms with Crippen LogP contribution < -0.4 is 5.56 Å². The lowest BCUT2D eigenvalue weighted by Crippen LogP contribution is -2.20.